The van der Waals surface area contributed by atoms with Crippen molar-refractivity contribution in [3.63, 3.8) is 0 Å². The minimum absolute atomic E-state index is 0.532. The highest BCUT2D eigenvalue weighted by Crippen LogP contribution is 2.26. The van der Waals surface area contributed by atoms with Crippen LogP contribution < -0.4 is 4.74 Å². The zero-order valence-corrected chi connectivity index (χ0v) is 12.3. The van der Waals surface area contributed by atoms with Gasteiger partial charge < -0.3 is 9.30 Å². The van der Waals surface area contributed by atoms with Crippen LogP contribution in [0.3, 0.4) is 0 Å². The summed E-state index contributed by atoms with van der Waals surface area (Å²) in [5.41, 5.74) is 3.46. The first kappa shape index (κ1) is 13.1. The third-order valence-electron chi connectivity index (χ3n) is 3.54. The molecule has 0 radical (unpaired) electrons. The summed E-state index contributed by atoms with van der Waals surface area (Å²) in [6.07, 6.45) is 0. The smallest absolute Gasteiger partial charge is 0.128 e. The molecule has 0 atom stereocenters. The van der Waals surface area contributed by atoms with Crippen molar-refractivity contribution in [2.24, 2.45) is 7.05 Å². The molecule has 0 bridgehead atoms. The van der Waals surface area contributed by atoms with E-state index in [1.54, 1.807) is 0 Å². The van der Waals surface area contributed by atoms with Crippen LogP contribution in [0.2, 0.25) is 5.02 Å². The lowest BCUT2D eigenvalue weighted by molar-refractivity contribution is 0.297. The normalized spacial score (nSPS) is 10.9. The van der Waals surface area contributed by atoms with Crippen LogP contribution in [-0.2, 0) is 13.7 Å². The van der Waals surface area contributed by atoms with Crippen molar-refractivity contribution in [1.29, 1.82) is 0 Å². The Labute approximate surface area is 123 Å². The van der Waals surface area contributed by atoms with Gasteiger partial charge in [-0.2, -0.15) is 0 Å². The minimum Gasteiger partial charge on any atom is -0.487 e. The molecule has 0 unspecified atom stereocenters. The quantitative estimate of drug-likeness (QED) is 0.679. The predicted molar refractivity (Wildman–Crippen MR) is 83.4 cm³/mol. The van der Waals surface area contributed by atoms with Crippen molar-refractivity contribution in [3.05, 3.63) is 64.8 Å². The van der Waals surface area contributed by atoms with E-state index < -0.39 is 0 Å². The molecule has 102 valence electrons. The topological polar surface area (TPSA) is 14.2 Å². The fourth-order valence-electron chi connectivity index (χ4n) is 2.31. The maximum absolute atomic E-state index is 6.22. The lowest BCUT2D eigenvalue weighted by atomic mass is 10.2. The molecule has 1 heterocycles. The van der Waals surface area contributed by atoms with E-state index in [1.807, 2.05) is 43.4 Å². The molecule has 0 saturated heterocycles. The molecule has 20 heavy (non-hydrogen) atoms. The van der Waals surface area contributed by atoms with E-state index in [0.717, 1.165) is 27.4 Å². The van der Waals surface area contributed by atoms with E-state index in [0.29, 0.717) is 6.61 Å². The van der Waals surface area contributed by atoms with Crippen molar-refractivity contribution < 1.29 is 4.74 Å². The average molecular weight is 286 g/mol. The van der Waals surface area contributed by atoms with Crippen molar-refractivity contribution >= 4 is 22.5 Å². The van der Waals surface area contributed by atoms with Gasteiger partial charge in [-0.25, -0.2) is 0 Å². The predicted octanol–water partition coefficient (Wildman–Crippen LogP) is 4.72. The Morgan fingerprint density at radius 3 is 2.55 bits per heavy atom. The summed E-state index contributed by atoms with van der Waals surface area (Å²) >= 11 is 6.22. The fourth-order valence-corrected chi connectivity index (χ4v) is 2.53. The molecule has 2 nitrogen and oxygen atoms in total. The second-order valence-electron chi connectivity index (χ2n) is 4.97. The summed E-state index contributed by atoms with van der Waals surface area (Å²) < 4.78 is 7.95. The molecule has 3 rings (SSSR count). The number of aryl methyl sites for hydroxylation is 2. The van der Waals surface area contributed by atoms with Crippen LogP contribution in [0, 0.1) is 6.92 Å². The van der Waals surface area contributed by atoms with Crippen LogP contribution in [0.5, 0.6) is 5.75 Å². The summed E-state index contributed by atoms with van der Waals surface area (Å²) in [7, 11) is 2.03. The van der Waals surface area contributed by atoms with Crippen molar-refractivity contribution in [2.75, 3.05) is 0 Å². The molecule has 0 saturated carbocycles. The lowest BCUT2D eigenvalue weighted by Gasteiger charge is -2.07. The Kier molecular flexibility index (Phi) is 3.41. The third-order valence-corrected chi connectivity index (χ3v) is 3.87. The summed E-state index contributed by atoms with van der Waals surface area (Å²) in [5, 5.41) is 1.85. The van der Waals surface area contributed by atoms with Gasteiger partial charge in [-0.15, -0.1) is 0 Å². The van der Waals surface area contributed by atoms with Crippen molar-refractivity contribution in [1.82, 2.24) is 4.57 Å². The molecular formula is C17H16ClNO. The van der Waals surface area contributed by atoms with Crippen molar-refractivity contribution in [2.45, 2.75) is 13.5 Å². The molecular weight excluding hydrogens is 270 g/mol. The molecule has 0 fully saturated rings. The van der Waals surface area contributed by atoms with Crippen LogP contribution in [0.15, 0.2) is 48.5 Å². The molecule has 0 N–H and O–H groups in total. The van der Waals surface area contributed by atoms with Crippen LogP contribution >= 0.6 is 11.6 Å². The fraction of sp³-hybridized carbons (Fsp3) is 0.176. The average Bonchev–Trinajstić information content (AvgIpc) is 2.77. The number of benzene rings is 2. The molecule has 0 aliphatic heterocycles. The Bertz CT molecular complexity index is 744. The zero-order chi connectivity index (χ0) is 14.1. The van der Waals surface area contributed by atoms with Crippen LogP contribution in [-0.4, -0.2) is 4.57 Å². The number of fused-ring (bicyclic) bond motifs is 1. The Hall–Kier alpha value is -1.93. The van der Waals surface area contributed by atoms with Gasteiger partial charge in [-0.05, 0) is 37.3 Å². The van der Waals surface area contributed by atoms with Gasteiger partial charge in [0, 0.05) is 23.0 Å². The van der Waals surface area contributed by atoms with E-state index in [-0.39, 0.29) is 0 Å². The SMILES string of the molecule is Cc1ccc(OCc2cc3c(Cl)cccc3n2C)cc1. The molecule has 2 aromatic carbocycles. The second-order valence-corrected chi connectivity index (χ2v) is 5.38. The molecule has 0 aliphatic rings. The zero-order valence-electron chi connectivity index (χ0n) is 11.6. The molecule has 3 aromatic rings. The van der Waals surface area contributed by atoms with E-state index in [1.165, 1.54) is 5.56 Å². The standard InChI is InChI=1S/C17H16ClNO/c1-12-6-8-14(9-7-12)20-11-13-10-15-16(18)4-3-5-17(15)19(13)2/h3-10H,11H2,1-2H3. The minimum atomic E-state index is 0.532. The highest BCUT2D eigenvalue weighted by Gasteiger charge is 2.08. The van der Waals surface area contributed by atoms with Gasteiger partial charge in [0.15, 0.2) is 0 Å². The Balaban J connectivity index is 1.86. The van der Waals surface area contributed by atoms with Crippen LogP contribution in [0.4, 0.5) is 0 Å². The van der Waals surface area contributed by atoms with E-state index >= 15 is 0 Å². The first-order valence-electron chi connectivity index (χ1n) is 6.57. The maximum Gasteiger partial charge on any atom is 0.128 e. The maximum atomic E-state index is 6.22. The number of aromatic nitrogens is 1. The summed E-state index contributed by atoms with van der Waals surface area (Å²) in [5.74, 6) is 0.881. The number of halogens is 1. The molecule has 0 spiro atoms. The number of hydrogen-bond donors (Lipinski definition) is 0. The van der Waals surface area contributed by atoms with E-state index in [4.69, 9.17) is 16.3 Å². The number of nitrogens with zero attached hydrogens (tertiary/aromatic N) is 1. The third kappa shape index (κ3) is 2.39. The van der Waals surface area contributed by atoms with E-state index in [9.17, 15) is 0 Å². The van der Waals surface area contributed by atoms with Gasteiger partial charge in [-0.3, -0.25) is 0 Å². The molecule has 0 aliphatic carbocycles. The number of rotatable bonds is 3. The molecule has 1 aromatic heterocycles. The molecule has 3 heteroatoms. The number of hydrogen-bond acceptors (Lipinski definition) is 1. The first-order valence-corrected chi connectivity index (χ1v) is 6.95. The van der Waals surface area contributed by atoms with Gasteiger partial charge in [0.05, 0.1) is 5.69 Å². The lowest BCUT2D eigenvalue weighted by Crippen LogP contribution is -2.01. The van der Waals surface area contributed by atoms with Gasteiger partial charge in [0.1, 0.15) is 12.4 Å². The van der Waals surface area contributed by atoms with Gasteiger partial charge in [-0.1, -0.05) is 35.4 Å². The highest BCUT2D eigenvalue weighted by atomic mass is 35.5. The van der Waals surface area contributed by atoms with E-state index in [2.05, 4.69) is 23.6 Å². The largest absolute Gasteiger partial charge is 0.487 e. The number of ether oxygens (including phenoxy) is 1. The Morgan fingerprint density at radius 2 is 1.85 bits per heavy atom. The van der Waals surface area contributed by atoms with Crippen LogP contribution in [0.1, 0.15) is 11.3 Å². The monoisotopic (exact) mass is 285 g/mol. The van der Waals surface area contributed by atoms with Crippen LogP contribution in [0.25, 0.3) is 10.9 Å². The Morgan fingerprint density at radius 1 is 1.10 bits per heavy atom. The van der Waals surface area contributed by atoms with Crippen molar-refractivity contribution in [3.8, 4) is 5.75 Å². The summed E-state index contributed by atoms with van der Waals surface area (Å²) in [6.45, 7) is 2.60. The van der Waals surface area contributed by atoms with Gasteiger partial charge >= 0.3 is 0 Å². The highest BCUT2D eigenvalue weighted by molar-refractivity contribution is 6.35. The second kappa shape index (κ2) is 5.22. The first-order chi connectivity index (χ1) is 9.65. The van der Waals surface area contributed by atoms with Gasteiger partial charge in [0.2, 0.25) is 0 Å². The summed E-state index contributed by atoms with van der Waals surface area (Å²) in [6, 6.07) is 16.1. The summed E-state index contributed by atoms with van der Waals surface area (Å²) in [4.78, 5) is 0. The van der Waals surface area contributed by atoms with Gasteiger partial charge in [0.25, 0.3) is 0 Å². The molecule has 0 amide bonds.